The fourth-order valence-corrected chi connectivity index (χ4v) is 2.83. The molecule has 134 valence electrons. The lowest BCUT2D eigenvalue weighted by molar-refractivity contribution is 0.0289. The van der Waals surface area contributed by atoms with E-state index in [0.717, 1.165) is 18.7 Å². The zero-order chi connectivity index (χ0) is 17.6. The molecule has 2 aromatic carbocycles. The Balaban J connectivity index is 1.91. The fourth-order valence-electron chi connectivity index (χ4n) is 2.83. The molecule has 5 nitrogen and oxygen atoms in total. The fraction of sp³-hybridized carbons (Fsp3) is 0.368. The van der Waals surface area contributed by atoms with E-state index < -0.39 is 0 Å². The number of morpholine rings is 1. The summed E-state index contributed by atoms with van der Waals surface area (Å²) in [5.74, 6) is 1.56. The minimum atomic E-state index is -0.383. The first-order valence-electron chi connectivity index (χ1n) is 8.21. The van der Waals surface area contributed by atoms with Crippen LogP contribution in [0.5, 0.6) is 23.0 Å². The summed E-state index contributed by atoms with van der Waals surface area (Å²) in [6.07, 6.45) is 0.751. The lowest BCUT2D eigenvalue weighted by Crippen LogP contribution is -2.39. The zero-order valence-corrected chi connectivity index (χ0v) is 14.4. The number of ether oxygens (including phenoxy) is 4. The molecule has 1 aliphatic heterocycles. The van der Waals surface area contributed by atoms with Crippen molar-refractivity contribution in [2.24, 2.45) is 0 Å². The number of rotatable bonds is 6. The Morgan fingerprint density at radius 2 is 1.96 bits per heavy atom. The monoisotopic (exact) mass is 347 g/mol. The third-order valence-corrected chi connectivity index (χ3v) is 4.07. The van der Waals surface area contributed by atoms with Crippen LogP contribution in [-0.2, 0) is 11.2 Å². The molecule has 0 bridgehead atoms. The molecule has 1 atom stereocenters. The molecule has 3 rings (SSSR count). The molecule has 0 radical (unpaired) electrons. The lowest BCUT2D eigenvalue weighted by atomic mass is 10.1. The highest BCUT2D eigenvalue weighted by atomic mass is 19.1. The predicted octanol–water partition coefficient (Wildman–Crippen LogP) is 3.17. The standard InChI is InChI=1S/C19H22FNO4/c1-22-17-5-3-4-13(10-15-12-21-8-9-24-15)19(17)25-16-7-6-14(20)11-18(16)23-2/h3-7,11,15,21H,8-10,12H2,1-2H3/t15-/m0/s1. The van der Waals surface area contributed by atoms with Gasteiger partial charge in [-0.2, -0.15) is 0 Å². The summed E-state index contributed by atoms with van der Waals surface area (Å²) in [6.45, 7) is 2.35. The van der Waals surface area contributed by atoms with Crippen LogP contribution < -0.4 is 19.5 Å². The normalized spacial score (nSPS) is 17.2. The van der Waals surface area contributed by atoms with Crippen molar-refractivity contribution >= 4 is 0 Å². The van der Waals surface area contributed by atoms with Crippen molar-refractivity contribution in [3.8, 4) is 23.0 Å². The van der Waals surface area contributed by atoms with E-state index in [9.17, 15) is 4.39 Å². The molecular weight excluding hydrogens is 325 g/mol. The topological polar surface area (TPSA) is 49.0 Å². The van der Waals surface area contributed by atoms with Gasteiger partial charge in [-0.3, -0.25) is 0 Å². The first kappa shape index (κ1) is 17.5. The summed E-state index contributed by atoms with van der Waals surface area (Å²) in [7, 11) is 3.07. The minimum Gasteiger partial charge on any atom is -0.493 e. The Labute approximate surface area is 146 Å². The first-order chi connectivity index (χ1) is 12.2. The van der Waals surface area contributed by atoms with Crippen LogP contribution in [0.15, 0.2) is 36.4 Å². The number of hydrogen-bond acceptors (Lipinski definition) is 5. The van der Waals surface area contributed by atoms with E-state index in [1.807, 2.05) is 18.2 Å². The Bertz CT molecular complexity index is 717. The molecule has 1 saturated heterocycles. The van der Waals surface area contributed by atoms with Gasteiger partial charge >= 0.3 is 0 Å². The van der Waals surface area contributed by atoms with Crippen molar-refractivity contribution in [1.82, 2.24) is 5.32 Å². The Hall–Kier alpha value is -2.31. The Morgan fingerprint density at radius 3 is 2.68 bits per heavy atom. The minimum absolute atomic E-state index is 0.0679. The smallest absolute Gasteiger partial charge is 0.172 e. The average Bonchev–Trinajstić information content (AvgIpc) is 2.65. The molecule has 1 aliphatic rings. The summed E-state index contributed by atoms with van der Waals surface area (Å²) in [4.78, 5) is 0. The number of halogens is 1. The van der Waals surface area contributed by atoms with Crippen LogP contribution in [0, 0.1) is 5.82 Å². The SMILES string of the molecule is COc1cc(F)ccc1Oc1c(C[C@H]2CNCCO2)cccc1OC. The van der Waals surface area contributed by atoms with E-state index in [0.29, 0.717) is 36.0 Å². The summed E-state index contributed by atoms with van der Waals surface area (Å²) in [5.41, 5.74) is 0.958. The van der Waals surface area contributed by atoms with Crippen LogP contribution >= 0.6 is 0 Å². The van der Waals surface area contributed by atoms with Gasteiger partial charge < -0.3 is 24.3 Å². The van der Waals surface area contributed by atoms with Gasteiger partial charge in [-0.15, -0.1) is 0 Å². The predicted molar refractivity (Wildman–Crippen MR) is 92.3 cm³/mol. The van der Waals surface area contributed by atoms with Crippen molar-refractivity contribution in [1.29, 1.82) is 0 Å². The van der Waals surface area contributed by atoms with Crippen molar-refractivity contribution in [3.05, 3.63) is 47.8 Å². The van der Waals surface area contributed by atoms with Gasteiger partial charge in [-0.05, 0) is 18.2 Å². The van der Waals surface area contributed by atoms with Crippen LogP contribution in [0.25, 0.3) is 0 Å². The van der Waals surface area contributed by atoms with Crippen molar-refractivity contribution in [2.75, 3.05) is 33.9 Å². The molecule has 25 heavy (non-hydrogen) atoms. The summed E-state index contributed by atoms with van der Waals surface area (Å²) in [5, 5.41) is 3.32. The van der Waals surface area contributed by atoms with E-state index in [2.05, 4.69) is 5.32 Å². The van der Waals surface area contributed by atoms with Crippen LogP contribution in [-0.4, -0.2) is 40.0 Å². The number of para-hydroxylation sites is 1. The Morgan fingerprint density at radius 1 is 1.12 bits per heavy atom. The molecule has 0 amide bonds. The highest BCUT2D eigenvalue weighted by molar-refractivity contribution is 5.51. The zero-order valence-electron chi connectivity index (χ0n) is 14.4. The van der Waals surface area contributed by atoms with Gasteiger partial charge in [0.05, 0.1) is 26.9 Å². The van der Waals surface area contributed by atoms with Crippen LogP contribution in [0.3, 0.4) is 0 Å². The molecule has 1 N–H and O–H groups in total. The average molecular weight is 347 g/mol. The molecule has 0 aliphatic carbocycles. The van der Waals surface area contributed by atoms with Crippen LogP contribution in [0.1, 0.15) is 5.56 Å². The number of nitrogens with one attached hydrogen (secondary N) is 1. The maximum atomic E-state index is 13.4. The second-order valence-electron chi connectivity index (χ2n) is 5.75. The summed E-state index contributed by atoms with van der Waals surface area (Å²) < 4.78 is 35.9. The molecular formula is C19H22FNO4. The number of benzene rings is 2. The number of hydrogen-bond donors (Lipinski definition) is 1. The molecule has 1 heterocycles. The molecule has 0 aromatic heterocycles. The largest absolute Gasteiger partial charge is 0.493 e. The van der Waals surface area contributed by atoms with Gasteiger partial charge in [0.25, 0.3) is 0 Å². The molecule has 0 unspecified atom stereocenters. The van der Waals surface area contributed by atoms with Gasteiger partial charge in [0.2, 0.25) is 0 Å². The van der Waals surface area contributed by atoms with Gasteiger partial charge in [0.1, 0.15) is 5.82 Å². The number of methoxy groups -OCH3 is 2. The third-order valence-electron chi connectivity index (χ3n) is 4.07. The molecule has 0 spiro atoms. The highest BCUT2D eigenvalue weighted by Gasteiger charge is 2.20. The second-order valence-corrected chi connectivity index (χ2v) is 5.75. The highest BCUT2D eigenvalue weighted by Crippen LogP contribution is 2.39. The van der Waals surface area contributed by atoms with Gasteiger partial charge in [-0.25, -0.2) is 4.39 Å². The molecule has 6 heteroatoms. The van der Waals surface area contributed by atoms with Crippen molar-refractivity contribution in [2.45, 2.75) is 12.5 Å². The summed E-state index contributed by atoms with van der Waals surface area (Å²) in [6, 6.07) is 9.89. The van der Waals surface area contributed by atoms with Crippen LogP contribution in [0.2, 0.25) is 0 Å². The van der Waals surface area contributed by atoms with E-state index >= 15 is 0 Å². The second kappa shape index (κ2) is 8.18. The third kappa shape index (κ3) is 4.21. The first-order valence-corrected chi connectivity index (χ1v) is 8.21. The van der Waals surface area contributed by atoms with Gasteiger partial charge in [0, 0.05) is 31.1 Å². The lowest BCUT2D eigenvalue weighted by Gasteiger charge is -2.25. The summed E-state index contributed by atoms with van der Waals surface area (Å²) >= 11 is 0. The van der Waals surface area contributed by atoms with Crippen LogP contribution in [0.4, 0.5) is 4.39 Å². The molecule has 0 saturated carbocycles. The molecule has 1 fully saturated rings. The van der Waals surface area contributed by atoms with E-state index in [4.69, 9.17) is 18.9 Å². The van der Waals surface area contributed by atoms with Crippen molar-refractivity contribution < 1.29 is 23.3 Å². The van der Waals surface area contributed by atoms with Crippen molar-refractivity contribution in [3.63, 3.8) is 0 Å². The van der Waals surface area contributed by atoms with Gasteiger partial charge in [0.15, 0.2) is 23.0 Å². The van der Waals surface area contributed by atoms with E-state index in [1.165, 1.54) is 19.2 Å². The van der Waals surface area contributed by atoms with E-state index in [-0.39, 0.29) is 11.9 Å². The van der Waals surface area contributed by atoms with Gasteiger partial charge in [-0.1, -0.05) is 12.1 Å². The quantitative estimate of drug-likeness (QED) is 0.870. The van der Waals surface area contributed by atoms with E-state index in [1.54, 1.807) is 13.2 Å². The molecule has 2 aromatic rings. The maximum Gasteiger partial charge on any atom is 0.172 e. The maximum absolute atomic E-state index is 13.4. The Kier molecular flexibility index (Phi) is 5.73.